The molecule has 0 spiro atoms. The lowest BCUT2D eigenvalue weighted by molar-refractivity contribution is -0.0892. The molecule has 1 saturated carbocycles. The van der Waals surface area contributed by atoms with Crippen LogP contribution in [0.25, 0.3) is 0 Å². The van der Waals surface area contributed by atoms with Gasteiger partial charge in [-0.15, -0.1) is 0 Å². The average Bonchev–Trinajstić information content (AvgIpc) is 2.59. The van der Waals surface area contributed by atoms with Crippen molar-refractivity contribution < 1.29 is 0 Å². The van der Waals surface area contributed by atoms with Gasteiger partial charge in [0, 0.05) is 0 Å². The normalized spacial score (nSPS) is 37.1. The Bertz CT molecular complexity index is 522. The van der Waals surface area contributed by atoms with Crippen molar-refractivity contribution in [2.45, 2.75) is 114 Å². The zero-order valence-electron chi connectivity index (χ0n) is 21.1. The highest BCUT2D eigenvalue weighted by atomic mass is 14.6. The lowest BCUT2D eigenvalue weighted by atomic mass is 9.42. The lowest BCUT2D eigenvalue weighted by Gasteiger charge is -2.62. The average molecular weight is 389 g/mol. The van der Waals surface area contributed by atoms with Crippen LogP contribution in [0.4, 0.5) is 0 Å². The molecule has 0 nitrogen and oxygen atoms in total. The standard InChI is InChI=1S/C28H52/c1-11-24(19-21(4)5)27(9)17-18-28(10,26(8)15-12-16-26)23(7)25(27)22(6)14-13-20(2)3/h17-18,20-25H,11-16,19H2,1-10H3. The quantitative estimate of drug-likeness (QED) is 0.345. The van der Waals surface area contributed by atoms with Gasteiger partial charge in [-0.25, -0.2) is 0 Å². The van der Waals surface area contributed by atoms with E-state index in [9.17, 15) is 0 Å². The van der Waals surface area contributed by atoms with Gasteiger partial charge in [-0.05, 0) is 71.0 Å². The van der Waals surface area contributed by atoms with E-state index in [4.69, 9.17) is 0 Å². The minimum atomic E-state index is 0.342. The maximum atomic E-state index is 2.74. The molecule has 0 N–H and O–H groups in total. The Balaban J connectivity index is 2.45. The fourth-order valence-electron chi connectivity index (χ4n) is 7.24. The first-order chi connectivity index (χ1) is 12.9. The van der Waals surface area contributed by atoms with Gasteiger partial charge < -0.3 is 0 Å². The van der Waals surface area contributed by atoms with Crippen molar-refractivity contribution in [3.63, 3.8) is 0 Å². The molecule has 6 unspecified atom stereocenters. The summed E-state index contributed by atoms with van der Waals surface area (Å²) in [6.45, 7) is 25.1. The summed E-state index contributed by atoms with van der Waals surface area (Å²) >= 11 is 0. The third-order valence-electron chi connectivity index (χ3n) is 9.69. The number of allylic oxidation sites excluding steroid dienone is 2. The molecule has 2 aliphatic carbocycles. The van der Waals surface area contributed by atoms with Gasteiger partial charge in [0.05, 0.1) is 0 Å². The van der Waals surface area contributed by atoms with Crippen molar-refractivity contribution in [3.05, 3.63) is 12.2 Å². The van der Waals surface area contributed by atoms with Gasteiger partial charge in [-0.2, -0.15) is 0 Å². The molecule has 0 aromatic carbocycles. The van der Waals surface area contributed by atoms with Crippen LogP contribution >= 0.6 is 0 Å². The second kappa shape index (κ2) is 8.85. The Hall–Kier alpha value is -0.260. The van der Waals surface area contributed by atoms with Crippen molar-refractivity contribution in [1.29, 1.82) is 0 Å². The smallest absolute Gasteiger partial charge is 0.00639 e. The van der Waals surface area contributed by atoms with E-state index >= 15 is 0 Å². The molecule has 0 radical (unpaired) electrons. The third-order valence-corrected chi connectivity index (χ3v) is 9.69. The molecule has 1 fully saturated rings. The molecule has 28 heavy (non-hydrogen) atoms. The van der Waals surface area contributed by atoms with Gasteiger partial charge in [-0.3, -0.25) is 0 Å². The predicted octanol–water partition coefficient (Wildman–Crippen LogP) is 9.16. The van der Waals surface area contributed by atoms with Crippen molar-refractivity contribution >= 4 is 0 Å². The van der Waals surface area contributed by atoms with Gasteiger partial charge in [0.1, 0.15) is 0 Å². The van der Waals surface area contributed by atoms with Crippen molar-refractivity contribution in [2.75, 3.05) is 0 Å². The maximum Gasteiger partial charge on any atom is -0.00639 e. The fourth-order valence-corrected chi connectivity index (χ4v) is 7.24. The molecular formula is C28H52. The van der Waals surface area contributed by atoms with Crippen LogP contribution in [0, 0.1) is 51.8 Å². The molecule has 2 aliphatic rings. The van der Waals surface area contributed by atoms with E-state index in [-0.39, 0.29) is 0 Å². The molecule has 0 aromatic rings. The molecule has 0 heterocycles. The van der Waals surface area contributed by atoms with Crippen LogP contribution in [0.2, 0.25) is 0 Å². The van der Waals surface area contributed by atoms with E-state index in [0.717, 1.165) is 35.5 Å². The first kappa shape index (κ1) is 24.0. The van der Waals surface area contributed by atoms with Gasteiger partial charge >= 0.3 is 0 Å². The van der Waals surface area contributed by atoms with Gasteiger partial charge in [-0.1, -0.05) is 107 Å². The minimum Gasteiger partial charge on any atom is -0.0814 e. The monoisotopic (exact) mass is 388 g/mol. The molecule has 0 aliphatic heterocycles. The second-order valence-electron chi connectivity index (χ2n) is 12.4. The van der Waals surface area contributed by atoms with E-state index < -0.39 is 0 Å². The van der Waals surface area contributed by atoms with Crippen LogP contribution in [0.3, 0.4) is 0 Å². The van der Waals surface area contributed by atoms with E-state index in [1.807, 2.05) is 0 Å². The van der Waals surface area contributed by atoms with Crippen molar-refractivity contribution in [3.8, 4) is 0 Å². The summed E-state index contributed by atoms with van der Waals surface area (Å²) in [4.78, 5) is 0. The van der Waals surface area contributed by atoms with Crippen LogP contribution in [0.15, 0.2) is 12.2 Å². The fraction of sp³-hybridized carbons (Fsp3) is 0.929. The summed E-state index contributed by atoms with van der Waals surface area (Å²) in [6.07, 6.45) is 15.2. The van der Waals surface area contributed by atoms with Gasteiger partial charge in [0.15, 0.2) is 0 Å². The van der Waals surface area contributed by atoms with E-state index in [1.54, 1.807) is 0 Å². The topological polar surface area (TPSA) is 0 Å². The Morgan fingerprint density at radius 3 is 1.93 bits per heavy atom. The number of rotatable bonds is 9. The summed E-state index contributed by atoms with van der Waals surface area (Å²) in [5, 5.41) is 0. The van der Waals surface area contributed by atoms with Crippen LogP contribution in [0.1, 0.15) is 114 Å². The summed E-state index contributed by atoms with van der Waals surface area (Å²) in [5.41, 5.74) is 1.21. The Morgan fingerprint density at radius 1 is 0.893 bits per heavy atom. The van der Waals surface area contributed by atoms with Crippen LogP contribution in [-0.2, 0) is 0 Å². The molecule has 0 heteroatoms. The molecule has 0 amide bonds. The lowest BCUT2D eigenvalue weighted by Crippen LogP contribution is -2.55. The van der Waals surface area contributed by atoms with E-state index in [1.165, 1.54) is 44.9 Å². The predicted molar refractivity (Wildman–Crippen MR) is 126 cm³/mol. The van der Waals surface area contributed by atoms with Crippen molar-refractivity contribution in [1.82, 2.24) is 0 Å². The van der Waals surface area contributed by atoms with Crippen LogP contribution < -0.4 is 0 Å². The molecule has 164 valence electrons. The largest absolute Gasteiger partial charge is 0.0814 e. The molecule has 0 saturated heterocycles. The first-order valence-corrected chi connectivity index (χ1v) is 12.6. The molecule has 2 rings (SSSR count). The van der Waals surface area contributed by atoms with Gasteiger partial charge in [0.25, 0.3) is 0 Å². The minimum absolute atomic E-state index is 0.342. The molecular weight excluding hydrogens is 336 g/mol. The first-order valence-electron chi connectivity index (χ1n) is 12.6. The zero-order chi connectivity index (χ0) is 21.3. The number of hydrogen-bond acceptors (Lipinski definition) is 0. The summed E-state index contributed by atoms with van der Waals surface area (Å²) < 4.78 is 0. The highest BCUT2D eigenvalue weighted by Crippen LogP contribution is 2.65. The Kier molecular flexibility index (Phi) is 7.59. The molecule has 6 atom stereocenters. The Morgan fingerprint density at radius 2 is 1.50 bits per heavy atom. The maximum absolute atomic E-state index is 2.74. The summed E-state index contributed by atoms with van der Waals surface area (Å²) in [5.74, 6) is 4.76. The van der Waals surface area contributed by atoms with E-state index in [0.29, 0.717) is 16.2 Å². The van der Waals surface area contributed by atoms with Crippen LogP contribution in [0.5, 0.6) is 0 Å². The second-order valence-corrected chi connectivity index (χ2v) is 12.4. The molecule has 0 bridgehead atoms. The van der Waals surface area contributed by atoms with Crippen LogP contribution in [-0.4, -0.2) is 0 Å². The van der Waals surface area contributed by atoms with Gasteiger partial charge in [0.2, 0.25) is 0 Å². The summed E-state index contributed by atoms with van der Waals surface area (Å²) in [6, 6.07) is 0. The highest BCUT2D eigenvalue weighted by molar-refractivity contribution is 5.22. The van der Waals surface area contributed by atoms with E-state index in [2.05, 4.69) is 81.4 Å². The Labute approximate surface area is 178 Å². The van der Waals surface area contributed by atoms with Crippen molar-refractivity contribution in [2.24, 2.45) is 51.8 Å². The third kappa shape index (κ3) is 4.27. The highest BCUT2D eigenvalue weighted by Gasteiger charge is 2.57. The zero-order valence-corrected chi connectivity index (χ0v) is 21.1. The number of hydrogen-bond donors (Lipinski definition) is 0. The summed E-state index contributed by atoms with van der Waals surface area (Å²) in [7, 11) is 0. The SMILES string of the molecule is CCC(CC(C)C)C1(C)C=CC(C)(C2(C)CCC2)C(C)C1C(C)CCC(C)C. The molecule has 0 aromatic heterocycles.